The van der Waals surface area contributed by atoms with Gasteiger partial charge in [0.15, 0.2) is 0 Å². The lowest BCUT2D eigenvalue weighted by Crippen LogP contribution is -2.56. The number of aliphatic hydroxyl groups excluding tert-OH is 3. The minimum Gasteiger partial charge on any atom is -0.481 e. The van der Waals surface area contributed by atoms with Crippen LogP contribution in [0.25, 0.3) is 0 Å². The standard InChI is InChI=1S/C24H34N4O11/c1-2-14(24(38)27-15(22(25)36)8-9-19(33)34)26-18(32)12-39-21(20(35)17(31)11-30)16(10-29)28-23(37)13-6-4-3-5-7-13/h3-7,10,14-17,20-21,30-31,35H,2,8-9,11-12H2,1H3,(H2,25,36)(H,26,32)(H,27,38)(H,28,37)(H,33,34)/t14?,15?,16-,17+,20+,21+/m0/s1. The highest BCUT2D eigenvalue weighted by molar-refractivity contribution is 5.95. The summed E-state index contributed by atoms with van der Waals surface area (Å²) < 4.78 is 5.34. The summed E-state index contributed by atoms with van der Waals surface area (Å²) in [5.41, 5.74) is 5.37. The molecule has 1 aromatic carbocycles. The normalized spacial score (nSPS) is 15.5. The number of nitrogens with two attached hydrogens (primary N) is 1. The smallest absolute Gasteiger partial charge is 0.303 e. The van der Waals surface area contributed by atoms with Crippen LogP contribution < -0.4 is 21.7 Å². The summed E-state index contributed by atoms with van der Waals surface area (Å²) in [6.45, 7) is -0.243. The topological polar surface area (TPSA) is 255 Å². The van der Waals surface area contributed by atoms with Crippen molar-refractivity contribution < 1.29 is 53.9 Å². The van der Waals surface area contributed by atoms with Gasteiger partial charge in [0.2, 0.25) is 17.7 Å². The highest BCUT2D eigenvalue weighted by atomic mass is 16.5. The molecule has 2 unspecified atom stereocenters. The molecule has 0 saturated carbocycles. The predicted octanol–water partition coefficient (Wildman–Crippen LogP) is -3.19. The van der Waals surface area contributed by atoms with Crippen molar-refractivity contribution >= 4 is 35.9 Å². The fraction of sp³-hybridized carbons (Fsp3) is 0.500. The van der Waals surface area contributed by atoms with E-state index in [9.17, 15) is 44.1 Å². The van der Waals surface area contributed by atoms with Crippen LogP contribution in [0.3, 0.4) is 0 Å². The molecule has 15 heteroatoms. The van der Waals surface area contributed by atoms with Crippen LogP contribution >= 0.6 is 0 Å². The summed E-state index contributed by atoms with van der Waals surface area (Å²) in [7, 11) is 0. The number of aliphatic carboxylic acids is 1. The number of primary amides is 1. The van der Waals surface area contributed by atoms with Gasteiger partial charge in [0, 0.05) is 12.0 Å². The van der Waals surface area contributed by atoms with E-state index in [1.807, 2.05) is 0 Å². The first-order valence-corrected chi connectivity index (χ1v) is 12.0. The van der Waals surface area contributed by atoms with E-state index in [-0.39, 0.29) is 24.7 Å². The van der Waals surface area contributed by atoms with Crippen molar-refractivity contribution in [1.82, 2.24) is 16.0 Å². The Morgan fingerprint density at radius 3 is 2.18 bits per heavy atom. The van der Waals surface area contributed by atoms with Crippen molar-refractivity contribution in [2.24, 2.45) is 5.73 Å². The van der Waals surface area contributed by atoms with E-state index >= 15 is 0 Å². The Morgan fingerprint density at radius 1 is 1.03 bits per heavy atom. The van der Waals surface area contributed by atoms with E-state index in [0.717, 1.165) is 0 Å². The van der Waals surface area contributed by atoms with Crippen molar-refractivity contribution in [3.63, 3.8) is 0 Å². The Bertz CT molecular complexity index is 992. The van der Waals surface area contributed by atoms with Crippen molar-refractivity contribution in [1.29, 1.82) is 0 Å². The number of hydrogen-bond donors (Lipinski definition) is 8. The lowest BCUT2D eigenvalue weighted by atomic mass is 10.0. The molecule has 0 aromatic heterocycles. The van der Waals surface area contributed by atoms with E-state index in [4.69, 9.17) is 15.6 Å². The molecule has 0 spiro atoms. The Balaban J connectivity index is 2.91. The van der Waals surface area contributed by atoms with Crippen molar-refractivity contribution in [2.75, 3.05) is 13.2 Å². The number of amides is 4. The summed E-state index contributed by atoms with van der Waals surface area (Å²) >= 11 is 0. The number of benzene rings is 1. The lowest BCUT2D eigenvalue weighted by molar-refractivity contribution is -0.144. The zero-order valence-corrected chi connectivity index (χ0v) is 21.2. The average molecular weight is 555 g/mol. The molecule has 1 rings (SSSR count). The maximum Gasteiger partial charge on any atom is 0.303 e. The minimum atomic E-state index is -1.91. The molecular weight excluding hydrogens is 520 g/mol. The molecule has 4 amide bonds. The maximum atomic E-state index is 12.5. The number of carboxylic acids is 1. The maximum absolute atomic E-state index is 12.5. The minimum absolute atomic E-state index is 0.0430. The van der Waals surface area contributed by atoms with Crippen LogP contribution in [0.2, 0.25) is 0 Å². The van der Waals surface area contributed by atoms with Gasteiger partial charge in [-0.1, -0.05) is 25.1 Å². The van der Waals surface area contributed by atoms with Crippen LogP contribution in [0, 0.1) is 0 Å². The number of hydrogen-bond acceptors (Lipinski definition) is 10. The van der Waals surface area contributed by atoms with Gasteiger partial charge in [0.05, 0.1) is 6.61 Å². The Morgan fingerprint density at radius 2 is 1.67 bits per heavy atom. The molecule has 0 radical (unpaired) electrons. The van der Waals surface area contributed by atoms with Crippen LogP contribution in [0.1, 0.15) is 36.5 Å². The molecular formula is C24H34N4O11. The number of aliphatic hydroxyl groups is 3. The lowest BCUT2D eigenvalue weighted by Gasteiger charge is -2.30. The Hall–Kier alpha value is -3.92. The van der Waals surface area contributed by atoms with Gasteiger partial charge < -0.3 is 51.6 Å². The highest BCUT2D eigenvalue weighted by Gasteiger charge is 2.35. The molecule has 9 N–H and O–H groups in total. The number of ether oxygens (including phenoxy) is 1. The molecule has 0 fully saturated rings. The molecule has 15 nitrogen and oxygen atoms in total. The predicted molar refractivity (Wildman–Crippen MR) is 133 cm³/mol. The van der Waals surface area contributed by atoms with Crippen LogP contribution in [0.4, 0.5) is 0 Å². The number of aldehydes is 1. The third-order valence-electron chi connectivity index (χ3n) is 5.53. The molecule has 0 saturated heterocycles. The van der Waals surface area contributed by atoms with Gasteiger partial charge in [-0.05, 0) is 25.0 Å². The second-order valence-electron chi connectivity index (χ2n) is 8.44. The fourth-order valence-electron chi connectivity index (χ4n) is 3.35. The van der Waals surface area contributed by atoms with Crippen molar-refractivity contribution in [2.45, 2.75) is 62.6 Å². The van der Waals surface area contributed by atoms with Gasteiger partial charge in [-0.3, -0.25) is 24.0 Å². The first kappa shape index (κ1) is 33.1. The zero-order chi connectivity index (χ0) is 29.5. The van der Waals surface area contributed by atoms with E-state index in [1.165, 1.54) is 19.1 Å². The first-order chi connectivity index (χ1) is 18.4. The molecule has 1 aromatic rings. The molecule has 0 aliphatic heterocycles. The molecule has 0 bridgehead atoms. The Kier molecular flexibility index (Phi) is 14.3. The van der Waals surface area contributed by atoms with Crippen LogP contribution in [0.5, 0.6) is 0 Å². The summed E-state index contributed by atoms with van der Waals surface area (Å²) in [5.74, 6) is -4.62. The van der Waals surface area contributed by atoms with Crippen molar-refractivity contribution in [3.8, 4) is 0 Å². The van der Waals surface area contributed by atoms with Crippen LogP contribution in [0.15, 0.2) is 30.3 Å². The zero-order valence-electron chi connectivity index (χ0n) is 21.2. The Labute approximate surface area is 223 Å². The summed E-state index contributed by atoms with van der Waals surface area (Å²) in [4.78, 5) is 71.6. The number of carbonyl (C=O) groups is 6. The van der Waals surface area contributed by atoms with E-state index < -0.39 is 85.7 Å². The number of carbonyl (C=O) groups excluding carboxylic acids is 5. The van der Waals surface area contributed by atoms with E-state index in [1.54, 1.807) is 18.2 Å². The fourth-order valence-corrected chi connectivity index (χ4v) is 3.35. The van der Waals surface area contributed by atoms with Gasteiger partial charge >= 0.3 is 5.97 Å². The second kappa shape index (κ2) is 16.8. The van der Waals surface area contributed by atoms with Crippen LogP contribution in [-0.2, 0) is 28.7 Å². The average Bonchev–Trinajstić information content (AvgIpc) is 2.92. The summed E-state index contributed by atoms with van der Waals surface area (Å²) in [6.07, 6.45) is -5.83. The molecule has 6 atom stereocenters. The quantitative estimate of drug-likeness (QED) is 0.0839. The molecule has 0 aliphatic rings. The van der Waals surface area contributed by atoms with Crippen LogP contribution in [-0.4, -0.2) is 106 Å². The number of rotatable bonds is 18. The van der Waals surface area contributed by atoms with Gasteiger partial charge in [-0.15, -0.1) is 0 Å². The second-order valence-corrected chi connectivity index (χ2v) is 8.44. The summed E-state index contributed by atoms with van der Waals surface area (Å²) in [5, 5.41) is 45.2. The molecule has 39 heavy (non-hydrogen) atoms. The monoisotopic (exact) mass is 554 g/mol. The molecule has 0 aliphatic carbocycles. The van der Waals surface area contributed by atoms with Gasteiger partial charge in [0.1, 0.15) is 49.3 Å². The van der Waals surface area contributed by atoms with Gasteiger partial charge in [-0.25, -0.2) is 0 Å². The van der Waals surface area contributed by atoms with Crippen molar-refractivity contribution in [3.05, 3.63) is 35.9 Å². The highest BCUT2D eigenvalue weighted by Crippen LogP contribution is 2.11. The number of carboxylic acid groups (broad SMARTS) is 1. The molecule has 0 heterocycles. The van der Waals surface area contributed by atoms with E-state index in [0.29, 0.717) is 0 Å². The first-order valence-electron chi connectivity index (χ1n) is 12.0. The van der Waals surface area contributed by atoms with Gasteiger partial charge in [0.25, 0.3) is 5.91 Å². The summed E-state index contributed by atoms with van der Waals surface area (Å²) in [6, 6.07) is 3.68. The molecule has 216 valence electrons. The number of nitrogens with one attached hydrogen (secondary N) is 3. The van der Waals surface area contributed by atoms with Gasteiger partial charge in [-0.2, -0.15) is 0 Å². The third-order valence-corrected chi connectivity index (χ3v) is 5.53. The largest absolute Gasteiger partial charge is 0.481 e. The van der Waals surface area contributed by atoms with E-state index in [2.05, 4.69) is 16.0 Å². The third kappa shape index (κ3) is 11.2. The SMILES string of the molecule is CCC(NC(=O)CO[C@@H]([C@H](O)[C@H](O)CO)[C@H](C=O)NC(=O)c1ccccc1)C(=O)NC(CCC(=O)O)C(N)=O.